The molecule has 1 aliphatic heterocycles. The fraction of sp³-hybridized carbons (Fsp3) is 0.429. The third-order valence-electron chi connectivity index (χ3n) is 4.68. The van der Waals surface area contributed by atoms with E-state index >= 15 is 0 Å². The fourth-order valence-corrected chi connectivity index (χ4v) is 3.24. The average molecular weight is 353 g/mol. The highest BCUT2D eigenvalue weighted by Crippen LogP contribution is 2.22. The normalized spacial score (nSPS) is 17.0. The van der Waals surface area contributed by atoms with Gasteiger partial charge in [0.25, 0.3) is 0 Å². The predicted molar refractivity (Wildman–Crippen MR) is 103 cm³/mol. The number of rotatable bonds is 7. The molecular formula is C21H27N3O2. The standard InChI is InChI=1S/C21H27N3O2/c1-2-14-26-20-7-5-17(6-8-20)15-23-21(25)18-4-3-13-24(16-18)19-9-11-22-12-10-19/h5-12,18H,2-4,13-16H2,1H3,(H,23,25)/t18-/m1/s1. The highest BCUT2D eigenvalue weighted by atomic mass is 16.5. The Bertz CT molecular complexity index is 688. The Morgan fingerprint density at radius 3 is 2.73 bits per heavy atom. The Kier molecular flexibility index (Phi) is 6.47. The van der Waals surface area contributed by atoms with Crippen LogP contribution in [0.5, 0.6) is 5.75 Å². The van der Waals surface area contributed by atoms with Gasteiger partial charge in [-0.3, -0.25) is 9.78 Å². The van der Waals surface area contributed by atoms with E-state index in [4.69, 9.17) is 4.74 Å². The van der Waals surface area contributed by atoms with Gasteiger partial charge in [-0.25, -0.2) is 0 Å². The van der Waals surface area contributed by atoms with Gasteiger partial charge in [-0.1, -0.05) is 19.1 Å². The van der Waals surface area contributed by atoms with Crippen molar-refractivity contribution in [1.29, 1.82) is 0 Å². The van der Waals surface area contributed by atoms with Gasteiger partial charge in [-0.05, 0) is 49.1 Å². The van der Waals surface area contributed by atoms with Crippen LogP contribution in [0.15, 0.2) is 48.8 Å². The fourth-order valence-electron chi connectivity index (χ4n) is 3.24. The molecule has 0 spiro atoms. The first kappa shape index (κ1) is 18.2. The molecule has 138 valence electrons. The molecule has 1 N–H and O–H groups in total. The summed E-state index contributed by atoms with van der Waals surface area (Å²) in [6.45, 7) is 5.13. The number of hydrogen-bond donors (Lipinski definition) is 1. The second-order valence-electron chi connectivity index (χ2n) is 6.70. The second-order valence-corrected chi connectivity index (χ2v) is 6.70. The number of hydrogen-bond acceptors (Lipinski definition) is 4. The van der Waals surface area contributed by atoms with Crippen LogP contribution >= 0.6 is 0 Å². The van der Waals surface area contributed by atoms with Gasteiger partial charge in [0.1, 0.15) is 5.75 Å². The molecule has 1 aromatic carbocycles. The minimum Gasteiger partial charge on any atom is -0.494 e. The summed E-state index contributed by atoms with van der Waals surface area (Å²) in [6.07, 6.45) is 6.57. The molecule has 5 nitrogen and oxygen atoms in total. The van der Waals surface area contributed by atoms with Crippen LogP contribution in [0.2, 0.25) is 0 Å². The SMILES string of the molecule is CCCOc1ccc(CNC(=O)[C@@H]2CCCN(c3ccncc3)C2)cc1. The van der Waals surface area contributed by atoms with Gasteiger partial charge in [-0.15, -0.1) is 0 Å². The summed E-state index contributed by atoms with van der Waals surface area (Å²) in [5.41, 5.74) is 2.23. The zero-order valence-corrected chi connectivity index (χ0v) is 15.4. The Hall–Kier alpha value is -2.56. The van der Waals surface area contributed by atoms with E-state index in [9.17, 15) is 4.79 Å². The molecule has 2 aromatic rings. The number of carbonyl (C=O) groups is 1. The van der Waals surface area contributed by atoms with E-state index in [-0.39, 0.29) is 11.8 Å². The Morgan fingerprint density at radius 2 is 2.00 bits per heavy atom. The van der Waals surface area contributed by atoms with Gasteiger partial charge in [0.2, 0.25) is 5.91 Å². The van der Waals surface area contributed by atoms with Crippen LogP contribution < -0.4 is 15.0 Å². The number of pyridine rings is 1. The zero-order valence-electron chi connectivity index (χ0n) is 15.4. The minimum absolute atomic E-state index is 0.0316. The minimum atomic E-state index is 0.0316. The molecule has 0 aliphatic carbocycles. The van der Waals surface area contributed by atoms with Gasteiger partial charge in [-0.2, -0.15) is 0 Å². The first-order chi connectivity index (χ1) is 12.8. The van der Waals surface area contributed by atoms with Crippen molar-refractivity contribution in [2.45, 2.75) is 32.7 Å². The molecule has 5 heteroatoms. The van der Waals surface area contributed by atoms with E-state index in [2.05, 4.69) is 22.1 Å². The van der Waals surface area contributed by atoms with Gasteiger partial charge >= 0.3 is 0 Å². The lowest BCUT2D eigenvalue weighted by Gasteiger charge is -2.33. The summed E-state index contributed by atoms with van der Waals surface area (Å²) in [5.74, 6) is 1.04. The van der Waals surface area contributed by atoms with Crippen molar-refractivity contribution in [2.24, 2.45) is 5.92 Å². The first-order valence-electron chi connectivity index (χ1n) is 9.40. The monoisotopic (exact) mass is 353 g/mol. The van der Waals surface area contributed by atoms with Crippen molar-refractivity contribution in [3.63, 3.8) is 0 Å². The van der Waals surface area contributed by atoms with Crippen LogP contribution in [0, 0.1) is 5.92 Å². The lowest BCUT2D eigenvalue weighted by Crippen LogP contribution is -2.43. The highest BCUT2D eigenvalue weighted by Gasteiger charge is 2.25. The number of carbonyl (C=O) groups excluding carboxylic acids is 1. The van der Waals surface area contributed by atoms with Gasteiger partial charge in [0.15, 0.2) is 0 Å². The van der Waals surface area contributed by atoms with Crippen LogP contribution in [0.4, 0.5) is 5.69 Å². The molecule has 1 aromatic heterocycles. The molecule has 26 heavy (non-hydrogen) atoms. The third-order valence-corrected chi connectivity index (χ3v) is 4.68. The summed E-state index contributed by atoms with van der Waals surface area (Å²) >= 11 is 0. The maximum atomic E-state index is 12.6. The summed E-state index contributed by atoms with van der Waals surface area (Å²) in [5, 5.41) is 3.08. The van der Waals surface area contributed by atoms with E-state index < -0.39 is 0 Å². The molecular weight excluding hydrogens is 326 g/mol. The smallest absolute Gasteiger partial charge is 0.225 e. The Labute approximate surface area is 155 Å². The molecule has 1 atom stereocenters. The van der Waals surface area contributed by atoms with Crippen LogP contribution in [-0.4, -0.2) is 30.6 Å². The van der Waals surface area contributed by atoms with Crippen LogP contribution in [-0.2, 0) is 11.3 Å². The number of amides is 1. The number of anilines is 1. The Balaban J connectivity index is 1.50. The lowest BCUT2D eigenvalue weighted by molar-refractivity contribution is -0.125. The number of nitrogens with zero attached hydrogens (tertiary/aromatic N) is 2. The molecule has 1 saturated heterocycles. The van der Waals surface area contributed by atoms with Crippen molar-refractivity contribution in [2.75, 3.05) is 24.6 Å². The van der Waals surface area contributed by atoms with Crippen LogP contribution in [0.3, 0.4) is 0 Å². The Morgan fingerprint density at radius 1 is 1.23 bits per heavy atom. The molecule has 0 unspecified atom stereocenters. The van der Waals surface area contributed by atoms with E-state index in [0.717, 1.165) is 56.0 Å². The largest absolute Gasteiger partial charge is 0.494 e. The predicted octanol–water partition coefficient (Wildman–Crippen LogP) is 3.40. The van der Waals surface area contributed by atoms with Crippen molar-refractivity contribution < 1.29 is 9.53 Å². The maximum Gasteiger partial charge on any atom is 0.225 e. The van der Waals surface area contributed by atoms with E-state index in [0.29, 0.717) is 6.54 Å². The highest BCUT2D eigenvalue weighted by molar-refractivity contribution is 5.79. The molecule has 2 heterocycles. The van der Waals surface area contributed by atoms with Crippen molar-refractivity contribution in [3.8, 4) is 5.75 Å². The summed E-state index contributed by atoms with van der Waals surface area (Å²) in [4.78, 5) is 18.9. The number of piperidine rings is 1. The van der Waals surface area contributed by atoms with E-state index in [1.807, 2.05) is 36.4 Å². The number of benzene rings is 1. The van der Waals surface area contributed by atoms with Gasteiger partial charge in [0.05, 0.1) is 12.5 Å². The number of ether oxygens (including phenoxy) is 1. The molecule has 1 fully saturated rings. The average Bonchev–Trinajstić information content (AvgIpc) is 2.72. The van der Waals surface area contributed by atoms with Gasteiger partial charge < -0.3 is 15.0 Å². The van der Waals surface area contributed by atoms with Crippen LogP contribution in [0.25, 0.3) is 0 Å². The van der Waals surface area contributed by atoms with Crippen molar-refractivity contribution >= 4 is 11.6 Å². The van der Waals surface area contributed by atoms with E-state index in [1.54, 1.807) is 12.4 Å². The summed E-state index contributed by atoms with van der Waals surface area (Å²) in [6, 6.07) is 11.9. The zero-order chi connectivity index (χ0) is 18.2. The quantitative estimate of drug-likeness (QED) is 0.829. The first-order valence-corrected chi connectivity index (χ1v) is 9.40. The molecule has 0 bridgehead atoms. The number of nitrogens with one attached hydrogen (secondary N) is 1. The summed E-state index contributed by atoms with van der Waals surface area (Å²) < 4.78 is 5.59. The molecule has 1 amide bonds. The van der Waals surface area contributed by atoms with Crippen molar-refractivity contribution in [3.05, 3.63) is 54.4 Å². The van der Waals surface area contributed by atoms with Gasteiger partial charge in [0, 0.05) is 37.7 Å². The van der Waals surface area contributed by atoms with E-state index in [1.165, 1.54) is 0 Å². The third kappa shape index (κ3) is 4.97. The maximum absolute atomic E-state index is 12.6. The molecule has 0 radical (unpaired) electrons. The second kappa shape index (κ2) is 9.22. The topological polar surface area (TPSA) is 54.5 Å². The number of aromatic nitrogens is 1. The van der Waals surface area contributed by atoms with Crippen LogP contribution in [0.1, 0.15) is 31.7 Å². The van der Waals surface area contributed by atoms with Crippen molar-refractivity contribution in [1.82, 2.24) is 10.3 Å². The molecule has 1 aliphatic rings. The molecule has 3 rings (SSSR count). The molecule has 0 saturated carbocycles. The lowest BCUT2D eigenvalue weighted by atomic mass is 9.96. The summed E-state index contributed by atoms with van der Waals surface area (Å²) in [7, 11) is 0.